The van der Waals surface area contributed by atoms with E-state index in [9.17, 15) is 9.18 Å². The molecule has 37 heavy (non-hydrogen) atoms. The summed E-state index contributed by atoms with van der Waals surface area (Å²) in [5.41, 5.74) is 2.19. The van der Waals surface area contributed by atoms with Crippen LogP contribution in [0, 0.1) is 5.82 Å². The number of likely N-dealkylation sites (tertiary alicyclic amines) is 1. The molecule has 0 spiro atoms. The fourth-order valence-corrected chi connectivity index (χ4v) is 4.85. The minimum absolute atomic E-state index is 0.0425. The maximum atomic E-state index is 13.7. The maximum Gasteiger partial charge on any atom is 0.258 e. The van der Waals surface area contributed by atoms with Crippen LogP contribution in [0.1, 0.15) is 28.8 Å². The summed E-state index contributed by atoms with van der Waals surface area (Å²) in [6.07, 6.45) is 1.54. The average molecular weight is 509 g/mol. The highest BCUT2D eigenvalue weighted by Gasteiger charge is 2.31. The first kappa shape index (κ1) is 26.3. The highest BCUT2D eigenvalue weighted by molar-refractivity contribution is 6.06. The van der Waals surface area contributed by atoms with Gasteiger partial charge < -0.3 is 23.8 Å². The van der Waals surface area contributed by atoms with Crippen molar-refractivity contribution in [2.24, 2.45) is 0 Å². The van der Waals surface area contributed by atoms with Gasteiger partial charge in [0.15, 0.2) is 23.0 Å². The van der Waals surface area contributed by atoms with E-state index in [0.717, 1.165) is 43.8 Å². The Balaban J connectivity index is 1.57. The third kappa shape index (κ3) is 5.80. The fraction of sp³-hybridized carbons (Fsp3) is 0.345. The number of ether oxygens (including phenoxy) is 4. The molecule has 0 aliphatic carbocycles. The topological polar surface area (TPSA) is 60.5 Å². The van der Waals surface area contributed by atoms with Crippen molar-refractivity contribution in [3.63, 3.8) is 0 Å². The van der Waals surface area contributed by atoms with Crippen LogP contribution in [0.5, 0.6) is 23.0 Å². The molecule has 0 saturated carbocycles. The first-order chi connectivity index (χ1) is 18.0. The summed E-state index contributed by atoms with van der Waals surface area (Å²) in [6, 6.07) is 17.0. The molecule has 3 aromatic rings. The highest BCUT2D eigenvalue weighted by Crippen LogP contribution is 2.36. The Labute approximate surface area is 217 Å². The van der Waals surface area contributed by atoms with Crippen LogP contribution in [-0.2, 0) is 6.54 Å². The van der Waals surface area contributed by atoms with E-state index >= 15 is 0 Å². The van der Waals surface area contributed by atoms with Crippen LogP contribution in [0.4, 0.5) is 10.1 Å². The van der Waals surface area contributed by atoms with Crippen LogP contribution in [0.2, 0.25) is 0 Å². The van der Waals surface area contributed by atoms with E-state index in [1.165, 1.54) is 24.3 Å². The number of hydrogen-bond donors (Lipinski definition) is 0. The van der Waals surface area contributed by atoms with Gasteiger partial charge in [0.2, 0.25) is 0 Å². The molecule has 3 aromatic carbocycles. The summed E-state index contributed by atoms with van der Waals surface area (Å²) >= 11 is 0. The van der Waals surface area contributed by atoms with Gasteiger partial charge in [-0.3, -0.25) is 9.69 Å². The Morgan fingerprint density at radius 3 is 2.16 bits per heavy atom. The molecule has 0 atom stereocenters. The second-order valence-electron chi connectivity index (χ2n) is 8.88. The zero-order valence-electron chi connectivity index (χ0n) is 21.7. The van der Waals surface area contributed by atoms with Crippen molar-refractivity contribution < 1.29 is 28.1 Å². The van der Waals surface area contributed by atoms with Gasteiger partial charge in [-0.15, -0.1) is 0 Å². The van der Waals surface area contributed by atoms with Crippen LogP contribution in [-0.4, -0.2) is 58.4 Å². The molecular formula is C29H33FN2O5. The van der Waals surface area contributed by atoms with Gasteiger partial charge in [-0.25, -0.2) is 4.39 Å². The van der Waals surface area contributed by atoms with Crippen molar-refractivity contribution in [1.29, 1.82) is 0 Å². The molecule has 196 valence electrons. The number of carbonyl (C=O) groups is 1. The van der Waals surface area contributed by atoms with E-state index in [2.05, 4.69) is 4.90 Å². The molecule has 1 fully saturated rings. The Hall–Kier alpha value is -3.78. The molecule has 1 heterocycles. The highest BCUT2D eigenvalue weighted by atomic mass is 19.1. The summed E-state index contributed by atoms with van der Waals surface area (Å²) < 4.78 is 35.5. The standard InChI is InChI=1S/C29H33FN2O5/c1-34-25-13-12-24(18-27(25)36-3)32(29(33)20-8-10-22(30)11-9-20)23-14-16-31(17-15-23)19-21-6-5-7-26(35-2)28(21)37-4/h5-13,18,23H,14-17,19H2,1-4H3. The number of anilines is 1. The number of piperidine rings is 1. The number of carbonyl (C=O) groups excluding carboxylic acids is 1. The molecule has 0 bridgehead atoms. The lowest BCUT2D eigenvalue weighted by molar-refractivity contribution is 0.0958. The van der Waals surface area contributed by atoms with Crippen molar-refractivity contribution >= 4 is 11.6 Å². The number of benzene rings is 3. The molecule has 0 N–H and O–H groups in total. The molecule has 8 heteroatoms. The van der Waals surface area contributed by atoms with Gasteiger partial charge in [0.1, 0.15) is 5.82 Å². The summed E-state index contributed by atoms with van der Waals surface area (Å²) in [5, 5.41) is 0. The van der Waals surface area contributed by atoms with Gasteiger partial charge in [-0.05, 0) is 55.3 Å². The molecule has 1 aliphatic rings. The first-order valence-corrected chi connectivity index (χ1v) is 12.2. The minimum Gasteiger partial charge on any atom is -0.493 e. The van der Waals surface area contributed by atoms with E-state index in [4.69, 9.17) is 18.9 Å². The number of halogens is 1. The van der Waals surface area contributed by atoms with E-state index in [1.807, 2.05) is 30.3 Å². The van der Waals surface area contributed by atoms with Crippen molar-refractivity contribution in [3.05, 3.63) is 77.6 Å². The number of para-hydroxylation sites is 1. The SMILES string of the molecule is COc1ccc(N(C(=O)c2ccc(F)cc2)C2CCN(Cc3cccc(OC)c3OC)CC2)cc1OC. The second kappa shape index (κ2) is 12.0. The molecule has 7 nitrogen and oxygen atoms in total. The zero-order chi connectivity index (χ0) is 26.4. The maximum absolute atomic E-state index is 13.7. The summed E-state index contributed by atoms with van der Waals surface area (Å²) in [7, 11) is 6.43. The Morgan fingerprint density at radius 2 is 1.54 bits per heavy atom. The molecule has 0 aromatic heterocycles. The van der Waals surface area contributed by atoms with E-state index < -0.39 is 0 Å². The Morgan fingerprint density at radius 1 is 0.865 bits per heavy atom. The largest absolute Gasteiger partial charge is 0.493 e. The van der Waals surface area contributed by atoms with E-state index in [1.54, 1.807) is 39.4 Å². The van der Waals surface area contributed by atoms with Crippen LogP contribution >= 0.6 is 0 Å². The number of methoxy groups -OCH3 is 4. The predicted octanol–water partition coefficient (Wildman–Crippen LogP) is 5.17. The van der Waals surface area contributed by atoms with Crippen LogP contribution in [0.25, 0.3) is 0 Å². The number of nitrogens with zero attached hydrogens (tertiary/aromatic N) is 2. The average Bonchev–Trinajstić information content (AvgIpc) is 2.94. The third-order valence-electron chi connectivity index (χ3n) is 6.76. The normalized spacial score (nSPS) is 14.2. The third-order valence-corrected chi connectivity index (χ3v) is 6.76. The van der Waals surface area contributed by atoms with Crippen molar-refractivity contribution in [2.45, 2.75) is 25.4 Å². The molecule has 4 rings (SSSR count). The molecule has 0 unspecified atom stereocenters. The van der Waals surface area contributed by atoms with Crippen LogP contribution < -0.4 is 23.8 Å². The predicted molar refractivity (Wildman–Crippen MR) is 141 cm³/mol. The molecule has 1 amide bonds. The van der Waals surface area contributed by atoms with Gasteiger partial charge in [-0.1, -0.05) is 12.1 Å². The zero-order valence-corrected chi connectivity index (χ0v) is 21.7. The van der Waals surface area contributed by atoms with Gasteiger partial charge in [-0.2, -0.15) is 0 Å². The lowest BCUT2D eigenvalue weighted by Gasteiger charge is -2.39. The molecule has 0 radical (unpaired) electrons. The van der Waals surface area contributed by atoms with Crippen LogP contribution in [0.3, 0.4) is 0 Å². The van der Waals surface area contributed by atoms with Gasteiger partial charge in [0.25, 0.3) is 5.91 Å². The van der Waals surface area contributed by atoms with Crippen LogP contribution in [0.15, 0.2) is 60.7 Å². The number of hydrogen-bond acceptors (Lipinski definition) is 6. The number of rotatable bonds is 9. The lowest BCUT2D eigenvalue weighted by atomic mass is 9.99. The summed E-state index contributed by atoms with van der Waals surface area (Å²) in [5.74, 6) is 2.02. The monoisotopic (exact) mass is 508 g/mol. The number of amides is 1. The quantitative estimate of drug-likeness (QED) is 0.397. The fourth-order valence-electron chi connectivity index (χ4n) is 4.85. The summed E-state index contributed by atoms with van der Waals surface area (Å²) in [6.45, 7) is 2.31. The summed E-state index contributed by atoms with van der Waals surface area (Å²) in [4.78, 5) is 17.9. The lowest BCUT2D eigenvalue weighted by Crippen LogP contribution is -2.47. The molecular weight excluding hydrogens is 475 g/mol. The first-order valence-electron chi connectivity index (χ1n) is 12.2. The van der Waals surface area contributed by atoms with Crippen molar-refractivity contribution in [3.8, 4) is 23.0 Å². The van der Waals surface area contributed by atoms with Gasteiger partial charge >= 0.3 is 0 Å². The Bertz CT molecular complexity index is 1210. The van der Waals surface area contributed by atoms with Crippen molar-refractivity contribution in [2.75, 3.05) is 46.4 Å². The second-order valence-corrected chi connectivity index (χ2v) is 8.88. The van der Waals surface area contributed by atoms with Gasteiger partial charge in [0, 0.05) is 48.6 Å². The molecule has 1 saturated heterocycles. The van der Waals surface area contributed by atoms with E-state index in [0.29, 0.717) is 28.5 Å². The molecule has 1 aliphatic heterocycles. The smallest absolute Gasteiger partial charge is 0.258 e. The van der Waals surface area contributed by atoms with E-state index in [-0.39, 0.29) is 17.8 Å². The Kier molecular flexibility index (Phi) is 8.50. The minimum atomic E-state index is -0.379. The van der Waals surface area contributed by atoms with Crippen molar-refractivity contribution in [1.82, 2.24) is 4.90 Å². The van der Waals surface area contributed by atoms with Gasteiger partial charge in [0.05, 0.1) is 28.4 Å².